The smallest absolute Gasteiger partial charge is 0.234 e. The number of aryl methyl sites for hydroxylation is 1. The van der Waals surface area contributed by atoms with Crippen LogP contribution in [0, 0.1) is 12.7 Å². The molecule has 1 heterocycles. The van der Waals surface area contributed by atoms with E-state index in [1.807, 2.05) is 27.7 Å². The van der Waals surface area contributed by atoms with E-state index in [-0.39, 0.29) is 30.0 Å². The van der Waals surface area contributed by atoms with E-state index in [0.717, 1.165) is 28.6 Å². The molecule has 2 N–H and O–H groups in total. The molecular formula is C22H30FNO3S. The Bertz CT molecular complexity index is 821. The fourth-order valence-electron chi connectivity index (χ4n) is 3.33. The second kappa shape index (κ2) is 8.70. The summed E-state index contributed by atoms with van der Waals surface area (Å²) in [5.41, 5.74) is 2.29. The van der Waals surface area contributed by atoms with Crippen molar-refractivity contribution in [2.45, 2.75) is 77.4 Å². The number of hydrogen-bond acceptors (Lipinski definition) is 4. The first kappa shape index (κ1) is 22.5. The third-order valence-electron chi connectivity index (χ3n) is 4.68. The predicted octanol–water partition coefficient (Wildman–Crippen LogP) is 5.57. The molecule has 0 aliphatic carbocycles. The summed E-state index contributed by atoms with van der Waals surface area (Å²) in [5.74, 6) is 0.402. The van der Waals surface area contributed by atoms with Gasteiger partial charge in [0.25, 0.3) is 0 Å². The van der Waals surface area contributed by atoms with Gasteiger partial charge in [-0.2, -0.15) is 0 Å². The summed E-state index contributed by atoms with van der Waals surface area (Å²) < 4.78 is 22.4. The molecule has 0 spiro atoms. The van der Waals surface area contributed by atoms with Crippen molar-refractivity contribution in [3.05, 3.63) is 52.0 Å². The number of amides is 1. The van der Waals surface area contributed by atoms with E-state index in [2.05, 4.69) is 4.72 Å². The van der Waals surface area contributed by atoms with Gasteiger partial charge in [0.15, 0.2) is 5.09 Å². The first-order valence-corrected chi connectivity index (χ1v) is 10.3. The number of carbonyl (C=O) groups excluding carboxylic acids is 1. The van der Waals surface area contributed by atoms with Gasteiger partial charge in [-0.25, -0.2) is 4.39 Å². The number of carbonyl (C=O) groups is 1. The molecule has 0 bridgehead atoms. The first-order valence-electron chi connectivity index (χ1n) is 9.51. The van der Waals surface area contributed by atoms with Crippen molar-refractivity contribution in [2.75, 3.05) is 0 Å². The minimum absolute atomic E-state index is 0.116. The standard InChI is InChI=1S/C22H30FNO3S/c1-12(2)16-8-15(23)9-17(13(3)4)18(16)10-20(25)24-28-21-11-19(14(5)27-21)22(6,7)26/h8-9,11-13,26H,10H2,1-7H3,(H,24,25). The molecule has 4 nitrogen and oxygen atoms in total. The van der Waals surface area contributed by atoms with E-state index in [0.29, 0.717) is 16.4 Å². The maximum atomic E-state index is 14.0. The molecule has 6 heteroatoms. The van der Waals surface area contributed by atoms with E-state index in [1.54, 1.807) is 26.8 Å². The van der Waals surface area contributed by atoms with Crippen molar-refractivity contribution >= 4 is 17.9 Å². The van der Waals surface area contributed by atoms with Crippen LogP contribution in [0.4, 0.5) is 4.39 Å². The van der Waals surface area contributed by atoms with Crippen molar-refractivity contribution in [3.63, 3.8) is 0 Å². The predicted molar refractivity (Wildman–Crippen MR) is 111 cm³/mol. The van der Waals surface area contributed by atoms with Crippen LogP contribution in [0.5, 0.6) is 0 Å². The van der Waals surface area contributed by atoms with Crippen molar-refractivity contribution in [3.8, 4) is 0 Å². The largest absolute Gasteiger partial charge is 0.453 e. The molecule has 0 aliphatic heterocycles. The monoisotopic (exact) mass is 407 g/mol. The Hall–Kier alpha value is -1.79. The summed E-state index contributed by atoms with van der Waals surface area (Å²) in [6.45, 7) is 13.2. The number of benzene rings is 1. The third-order valence-corrected chi connectivity index (χ3v) is 5.42. The lowest BCUT2D eigenvalue weighted by Crippen LogP contribution is -2.20. The van der Waals surface area contributed by atoms with Gasteiger partial charge in [-0.05, 0) is 67.5 Å². The Morgan fingerprint density at radius 2 is 1.71 bits per heavy atom. The zero-order valence-corrected chi connectivity index (χ0v) is 18.5. The summed E-state index contributed by atoms with van der Waals surface area (Å²) in [7, 11) is 0. The molecule has 0 fully saturated rings. The molecule has 28 heavy (non-hydrogen) atoms. The normalized spacial score (nSPS) is 12.1. The Kier molecular flexibility index (Phi) is 6.99. The Morgan fingerprint density at radius 3 is 2.14 bits per heavy atom. The molecule has 1 aromatic carbocycles. The second-order valence-corrected chi connectivity index (χ2v) is 9.08. The summed E-state index contributed by atoms with van der Waals surface area (Å²) in [4.78, 5) is 12.6. The Morgan fingerprint density at radius 1 is 1.18 bits per heavy atom. The van der Waals surface area contributed by atoms with Gasteiger partial charge in [-0.3, -0.25) is 9.52 Å². The molecule has 154 valence electrons. The van der Waals surface area contributed by atoms with Gasteiger partial charge in [-0.1, -0.05) is 27.7 Å². The fourth-order valence-corrected chi connectivity index (χ4v) is 3.96. The summed E-state index contributed by atoms with van der Waals surface area (Å²) in [6, 6.07) is 4.78. The minimum Gasteiger partial charge on any atom is -0.453 e. The highest BCUT2D eigenvalue weighted by Gasteiger charge is 2.23. The zero-order chi connectivity index (χ0) is 21.2. The number of furan rings is 1. The van der Waals surface area contributed by atoms with Gasteiger partial charge in [0.2, 0.25) is 5.91 Å². The number of halogens is 1. The van der Waals surface area contributed by atoms with Gasteiger partial charge in [0, 0.05) is 17.5 Å². The van der Waals surface area contributed by atoms with Gasteiger partial charge in [0.05, 0.1) is 12.0 Å². The highest BCUT2D eigenvalue weighted by atomic mass is 32.2. The Labute approximate surface area is 171 Å². The molecule has 2 rings (SSSR count). The molecule has 1 aromatic heterocycles. The van der Waals surface area contributed by atoms with Gasteiger partial charge < -0.3 is 9.52 Å². The van der Waals surface area contributed by atoms with Crippen molar-refractivity contribution < 1.29 is 18.7 Å². The van der Waals surface area contributed by atoms with Crippen LogP contribution in [0.1, 0.15) is 81.4 Å². The van der Waals surface area contributed by atoms with Gasteiger partial charge in [-0.15, -0.1) is 0 Å². The van der Waals surface area contributed by atoms with Gasteiger partial charge in [0.1, 0.15) is 11.6 Å². The summed E-state index contributed by atoms with van der Waals surface area (Å²) in [6.07, 6.45) is 0.173. The van der Waals surface area contributed by atoms with Gasteiger partial charge >= 0.3 is 0 Å². The van der Waals surface area contributed by atoms with Crippen LogP contribution in [0.25, 0.3) is 0 Å². The van der Waals surface area contributed by atoms with E-state index in [9.17, 15) is 14.3 Å². The molecule has 0 radical (unpaired) electrons. The van der Waals surface area contributed by atoms with Crippen molar-refractivity contribution in [2.24, 2.45) is 0 Å². The molecule has 0 saturated carbocycles. The lowest BCUT2D eigenvalue weighted by molar-refractivity contribution is -0.118. The minimum atomic E-state index is -1.01. The summed E-state index contributed by atoms with van der Waals surface area (Å²) >= 11 is 1.08. The lowest BCUT2D eigenvalue weighted by atomic mass is 9.87. The molecule has 2 aromatic rings. The highest BCUT2D eigenvalue weighted by molar-refractivity contribution is 7.97. The first-order chi connectivity index (χ1) is 12.9. The Balaban J connectivity index is 2.18. The van der Waals surface area contributed by atoms with Crippen molar-refractivity contribution in [1.29, 1.82) is 0 Å². The lowest BCUT2D eigenvalue weighted by Gasteiger charge is -2.19. The molecular weight excluding hydrogens is 377 g/mol. The van der Waals surface area contributed by atoms with Crippen LogP contribution in [-0.2, 0) is 16.8 Å². The van der Waals surface area contributed by atoms with E-state index >= 15 is 0 Å². The topological polar surface area (TPSA) is 62.5 Å². The third kappa shape index (κ3) is 5.39. The molecule has 0 atom stereocenters. The maximum Gasteiger partial charge on any atom is 0.234 e. The van der Waals surface area contributed by atoms with Crippen LogP contribution in [0.2, 0.25) is 0 Å². The average molecular weight is 408 g/mol. The van der Waals surface area contributed by atoms with E-state index in [1.165, 1.54) is 12.1 Å². The fraction of sp³-hybridized carbons (Fsp3) is 0.500. The highest BCUT2D eigenvalue weighted by Crippen LogP contribution is 2.32. The van der Waals surface area contributed by atoms with Crippen molar-refractivity contribution in [1.82, 2.24) is 4.72 Å². The van der Waals surface area contributed by atoms with E-state index in [4.69, 9.17) is 4.42 Å². The quantitative estimate of drug-likeness (QED) is 0.589. The molecule has 0 unspecified atom stereocenters. The number of rotatable bonds is 7. The molecule has 1 amide bonds. The number of nitrogens with one attached hydrogen (secondary N) is 1. The maximum absolute atomic E-state index is 14.0. The van der Waals surface area contributed by atoms with Crippen LogP contribution in [0.15, 0.2) is 27.7 Å². The van der Waals surface area contributed by atoms with Crippen LogP contribution in [-0.4, -0.2) is 11.0 Å². The van der Waals surface area contributed by atoms with Crippen LogP contribution in [0.3, 0.4) is 0 Å². The van der Waals surface area contributed by atoms with E-state index < -0.39 is 5.60 Å². The summed E-state index contributed by atoms with van der Waals surface area (Å²) in [5, 5.41) is 10.7. The average Bonchev–Trinajstić information content (AvgIpc) is 2.95. The SMILES string of the molecule is Cc1oc(SNC(=O)Cc2c(C(C)C)cc(F)cc2C(C)C)cc1C(C)(C)O. The number of hydrogen-bond donors (Lipinski definition) is 2. The number of aliphatic hydroxyl groups is 1. The molecule has 0 aliphatic rings. The second-order valence-electron chi connectivity index (χ2n) is 8.27. The zero-order valence-electron chi connectivity index (χ0n) is 17.6. The molecule has 0 saturated heterocycles. The van der Waals surface area contributed by atoms with Crippen LogP contribution < -0.4 is 4.72 Å². The van der Waals surface area contributed by atoms with Crippen LogP contribution >= 0.6 is 11.9 Å².